The average molecular weight is 327 g/mol. The van der Waals surface area contributed by atoms with Crippen LogP contribution in [0.15, 0.2) is 35.4 Å². The summed E-state index contributed by atoms with van der Waals surface area (Å²) in [6.07, 6.45) is 13.5. The van der Waals surface area contributed by atoms with E-state index in [9.17, 15) is 0 Å². The highest BCUT2D eigenvalue weighted by atomic mass is 16.5. The molecule has 2 aliphatic rings. The average Bonchev–Trinajstić information content (AvgIpc) is 3.50. The molecule has 132 valence electrons. The summed E-state index contributed by atoms with van der Waals surface area (Å²) in [5.41, 5.74) is 5.11. The monoisotopic (exact) mass is 326 g/mol. The summed E-state index contributed by atoms with van der Waals surface area (Å²) < 4.78 is 5.80. The second kappa shape index (κ2) is 8.74. The topological polar surface area (TPSA) is 9.23 Å². The lowest BCUT2D eigenvalue weighted by atomic mass is 9.94. The van der Waals surface area contributed by atoms with Gasteiger partial charge in [-0.05, 0) is 55.7 Å². The van der Waals surface area contributed by atoms with Crippen molar-refractivity contribution in [3.05, 3.63) is 41.0 Å². The predicted molar refractivity (Wildman–Crippen MR) is 103 cm³/mol. The molecule has 1 aromatic carbocycles. The van der Waals surface area contributed by atoms with Gasteiger partial charge in [-0.2, -0.15) is 0 Å². The van der Waals surface area contributed by atoms with Crippen LogP contribution in [0.2, 0.25) is 0 Å². The molecule has 0 aromatic heterocycles. The van der Waals surface area contributed by atoms with Crippen LogP contribution >= 0.6 is 0 Å². The molecular weight excluding hydrogens is 292 g/mol. The van der Waals surface area contributed by atoms with E-state index < -0.39 is 0 Å². The second-order valence-corrected chi connectivity index (χ2v) is 7.79. The lowest BCUT2D eigenvalue weighted by Crippen LogP contribution is -1.98. The van der Waals surface area contributed by atoms with Crippen molar-refractivity contribution >= 4 is 0 Å². The van der Waals surface area contributed by atoms with Gasteiger partial charge in [-0.25, -0.2) is 0 Å². The molecular formula is C23H34O. The van der Waals surface area contributed by atoms with Crippen molar-refractivity contribution in [2.45, 2.75) is 84.0 Å². The van der Waals surface area contributed by atoms with E-state index in [-0.39, 0.29) is 0 Å². The molecule has 0 saturated heterocycles. The summed E-state index contributed by atoms with van der Waals surface area (Å²) in [7, 11) is 0. The highest BCUT2D eigenvalue weighted by molar-refractivity contribution is 5.55. The van der Waals surface area contributed by atoms with Crippen LogP contribution in [-0.4, -0.2) is 6.61 Å². The molecule has 24 heavy (non-hydrogen) atoms. The Kier molecular flexibility index (Phi) is 6.40. The number of fused-ring (bicyclic) bond motifs is 1. The van der Waals surface area contributed by atoms with Gasteiger partial charge in [-0.1, -0.05) is 69.2 Å². The lowest BCUT2D eigenvalue weighted by Gasteiger charge is -2.13. The van der Waals surface area contributed by atoms with Gasteiger partial charge in [0.1, 0.15) is 5.75 Å². The lowest BCUT2D eigenvalue weighted by molar-refractivity contribution is 0.306. The quantitative estimate of drug-likeness (QED) is 0.279. The minimum Gasteiger partial charge on any atom is -0.494 e. The SMILES string of the molecule is CCCCCOc1ccc(C(C)CCCCCCC2=C3CC23)cc1. The van der Waals surface area contributed by atoms with E-state index in [1.807, 2.05) is 11.1 Å². The molecule has 1 nitrogen and oxygen atoms in total. The number of rotatable bonds is 13. The van der Waals surface area contributed by atoms with E-state index >= 15 is 0 Å². The van der Waals surface area contributed by atoms with Gasteiger partial charge in [-0.3, -0.25) is 0 Å². The fourth-order valence-corrected chi connectivity index (χ4v) is 3.72. The molecule has 0 N–H and O–H groups in total. The molecule has 1 saturated carbocycles. The van der Waals surface area contributed by atoms with Crippen molar-refractivity contribution in [1.29, 1.82) is 0 Å². The van der Waals surface area contributed by atoms with Crippen LogP contribution in [0, 0.1) is 5.92 Å². The maximum atomic E-state index is 5.80. The molecule has 1 aromatic rings. The van der Waals surface area contributed by atoms with Crippen molar-refractivity contribution in [3.8, 4) is 5.75 Å². The molecule has 0 spiro atoms. The van der Waals surface area contributed by atoms with Crippen molar-refractivity contribution in [2.75, 3.05) is 6.61 Å². The Morgan fingerprint density at radius 2 is 1.75 bits per heavy atom. The smallest absolute Gasteiger partial charge is 0.119 e. The molecule has 0 bridgehead atoms. The van der Waals surface area contributed by atoms with Crippen molar-refractivity contribution in [1.82, 2.24) is 0 Å². The first-order valence-electron chi connectivity index (χ1n) is 10.2. The van der Waals surface area contributed by atoms with Crippen LogP contribution in [0.4, 0.5) is 0 Å². The van der Waals surface area contributed by atoms with Crippen LogP contribution in [-0.2, 0) is 0 Å². The first kappa shape index (κ1) is 17.6. The molecule has 2 atom stereocenters. The molecule has 1 fully saturated rings. The summed E-state index contributed by atoms with van der Waals surface area (Å²) in [6, 6.07) is 8.81. The Morgan fingerprint density at radius 3 is 2.42 bits per heavy atom. The fraction of sp³-hybridized carbons (Fsp3) is 0.652. The number of hydrogen-bond acceptors (Lipinski definition) is 1. The second-order valence-electron chi connectivity index (χ2n) is 7.79. The van der Waals surface area contributed by atoms with E-state index in [1.165, 1.54) is 63.4 Å². The zero-order valence-corrected chi connectivity index (χ0v) is 15.7. The van der Waals surface area contributed by atoms with Crippen molar-refractivity contribution < 1.29 is 4.74 Å². The van der Waals surface area contributed by atoms with E-state index in [2.05, 4.69) is 38.1 Å². The molecule has 1 heteroatoms. The van der Waals surface area contributed by atoms with E-state index in [0.717, 1.165) is 24.7 Å². The van der Waals surface area contributed by atoms with Gasteiger partial charge in [-0.15, -0.1) is 0 Å². The van der Waals surface area contributed by atoms with E-state index in [1.54, 1.807) is 0 Å². The number of unbranched alkanes of at least 4 members (excludes halogenated alkanes) is 5. The number of allylic oxidation sites excluding steroid dienone is 2. The minimum atomic E-state index is 0.667. The number of ether oxygens (including phenoxy) is 1. The van der Waals surface area contributed by atoms with Crippen LogP contribution in [0.5, 0.6) is 5.75 Å². The largest absolute Gasteiger partial charge is 0.494 e. The molecule has 2 aliphatic carbocycles. The Bertz CT molecular complexity index is 540. The normalized spacial score (nSPS) is 19.2. The third-order valence-corrected chi connectivity index (χ3v) is 5.73. The van der Waals surface area contributed by atoms with Crippen molar-refractivity contribution in [2.24, 2.45) is 5.92 Å². The Labute approximate surface area is 148 Å². The van der Waals surface area contributed by atoms with Gasteiger partial charge in [0.15, 0.2) is 0 Å². The maximum Gasteiger partial charge on any atom is 0.119 e. The predicted octanol–water partition coefficient (Wildman–Crippen LogP) is 7.03. The molecule has 0 amide bonds. The summed E-state index contributed by atoms with van der Waals surface area (Å²) in [4.78, 5) is 0. The summed E-state index contributed by atoms with van der Waals surface area (Å²) in [5.74, 6) is 2.72. The Balaban J connectivity index is 1.25. The van der Waals surface area contributed by atoms with Gasteiger partial charge >= 0.3 is 0 Å². The summed E-state index contributed by atoms with van der Waals surface area (Å²) in [5, 5.41) is 0. The minimum absolute atomic E-state index is 0.667. The molecule has 0 aliphatic heterocycles. The van der Waals surface area contributed by atoms with Crippen molar-refractivity contribution in [3.63, 3.8) is 0 Å². The van der Waals surface area contributed by atoms with Gasteiger partial charge in [0, 0.05) is 5.92 Å². The molecule has 0 heterocycles. The first-order chi connectivity index (χ1) is 11.8. The Morgan fingerprint density at radius 1 is 1.00 bits per heavy atom. The zero-order valence-electron chi connectivity index (χ0n) is 15.7. The summed E-state index contributed by atoms with van der Waals surface area (Å²) >= 11 is 0. The number of benzene rings is 1. The highest BCUT2D eigenvalue weighted by Gasteiger charge is 2.49. The maximum absolute atomic E-state index is 5.80. The van der Waals surface area contributed by atoms with Crippen LogP contribution in [0.1, 0.15) is 89.5 Å². The third kappa shape index (κ3) is 5.13. The van der Waals surface area contributed by atoms with E-state index in [0.29, 0.717) is 5.92 Å². The molecule has 2 unspecified atom stereocenters. The first-order valence-corrected chi connectivity index (χ1v) is 10.2. The van der Waals surface area contributed by atoms with Crippen LogP contribution in [0.25, 0.3) is 0 Å². The van der Waals surface area contributed by atoms with E-state index in [4.69, 9.17) is 4.74 Å². The van der Waals surface area contributed by atoms with Crippen LogP contribution in [0.3, 0.4) is 0 Å². The highest BCUT2D eigenvalue weighted by Crippen LogP contribution is 2.63. The van der Waals surface area contributed by atoms with Gasteiger partial charge in [0.2, 0.25) is 0 Å². The number of hydrogen-bond donors (Lipinski definition) is 0. The van der Waals surface area contributed by atoms with Gasteiger partial charge in [0.05, 0.1) is 6.61 Å². The zero-order chi connectivity index (χ0) is 16.8. The Hall–Kier alpha value is -1.24. The third-order valence-electron chi connectivity index (χ3n) is 5.73. The van der Waals surface area contributed by atoms with Crippen LogP contribution < -0.4 is 4.74 Å². The molecule has 3 rings (SSSR count). The van der Waals surface area contributed by atoms with Gasteiger partial charge < -0.3 is 4.74 Å². The van der Waals surface area contributed by atoms with Gasteiger partial charge in [0.25, 0.3) is 0 Å². The fourth-order valence-electron chi connectivity index (χ4n) is 3.72. The molecule has 0 radical (unpaired) electrons. The standard InChI is InChI=1S/C23H34O/c1-3-4-9-16-24-20-14-12-19(13-15-20)18(2)10-7-5-6-8-11-21-22-17-23(21)22/h12-15,18,22H,3-11,16-17H2,1-2H3. The summed E-state index contributed by atoms with van der Waals surface area (Å²) in [6.45, 7) is 5.44.